The summed E-state index contributed by atoms with van der Waals surface area (Å²) in [5.74, 6) is -0.432. The Morgan fingerprint density at radius 3 is 2.87 bits per heavy atom. The van der Waals surface area contributed by atoms with Crippen molar-refractivity contribution in [2.45, 2.75) is 6.54 Å². The van der Waals surface area contributed by atoms with Crippen LogP contribution in [0, 0.1) is 5.82 Å². The van der Waals surface area contributed by atoms with Gasteiger partial charge in [-0.15, -0.1) is 11.3 Å². The van der Waals surface area contributed by atoms with E-state index >= 15 is 0 Å². The minimum absolute atomic E-state index is 0.120. The number of nitrogens with zero attached hydrogens (tertiary/aromatic N) is 1. The number of benzene rings is 1. The topological polar surface area (TPSA) is 38.9 Å². The van der Waals surface area contributed by atoms with Crippen molar-refractivity contribution in [3.63, 3.8) is 0 Å². The first-order chi connectivity index (χ1) is 7.20. The average Bonchev–Trinajstić information content (AvgIpc) is 2.70. The minimum atomic E-state index is -0.432. The van der Waals surface area contributed by atoms with Crippen molar-refractivity contribution in [2.24, 2.45) is 5.73 Å². The number of aromatic nitrogens is 1. The molecule has 0 spiro atoms. The second-order valence-corrected chi connectivity index (χ2v) is 4.49. The van der Waals surface area contributed by atoms with Crippen LogP contribution < -0.4 is 5.73 Å². The fraction of sp³-hybridized carbons (Fsp3) is 0.100. The molecule has 2 nitrogen and oxygen atoms in total. The van der Waals surface area contributed by atoms with Gasteiger partial charge in [-0.1, -0.05) is 17.7 Å². The fourth-order valence-corrected chi connectivity index (χ4v) is 2.07. The summed E-state index contributed by atoms with van der Waals surface area (Å²) in [6.07, 6.45) is 1.70. The molecule has 1 aromatic carbocycles. The maximum Gasteiger partial charge on any atom is 0.142 e. The lowest BCUT2D eigenvalue weighted by molar-refractivity contribution is 0.629. The largest absolute Gasteiger partial charge is 0.326 e. The van der Waals surface area contributed by atoms with Crippen LogP contribution in [0.1, 0.15) is 4.88 Å². The molecular weight excluding hydrogens is 235 g/mol. The van der Waals surface area contributed by atoms with Crippen molar-refractivity contribution in [3.05, 3.63) is 40.1 Å². The highest BCUT2D eigenvalue weighted by Gasteiger charge is 2.06. The van der Waals surface area contributed by atoms with E-state index in [2.05, 4.69) is 4.98 Å². The van der Waals surface area contributed by atoms with Crippen LogP contribution in [0.25, 0.3) is 10.6 Å². The molecule has 5 heteroatoms. The van der Waals surface area contributed by atoms with Gasteiger partial charge in [-0.3, -0.25) is 0 Å². The van der Waals surface area contributed by atoms with Crippen LogP contribution in [0.2, 0.25) is 5.02 Å². The quantitative estimate of drug-likeness (QED) is 0.879. The maximum absolute atomic E-state index is 13.2. The number of nitrogens with two attached hydrogens (primary N) is 1. The lowest BCUT2D eigenvalue weighted by Crippen LogP contribution is -1.91. The Labute approximate surface area is 95.5 Å². The highest BCUT2D eigenvalue weighted by Crippen LogP contribution is 2.27. The van der Waals surface area contributed by atoms with E-state index in [9.17, 15) is 4.39 Å². The first-order valence-electron chi connectivity index (χ1n) is 4.31. The molecule has 0 atom stereocenters. The van der Waals surface area contributed by atoms with Gasteiger partial charge in [-0.2, -0.15) is 0 Å². The fourth-order valence-electron chi connectivity index (χ4n) is 1.16. The van der Waals surface area contributed by atoms with Crippen LogP contribution in [-0.4, -0.2) is 4.98 Å². The van der Waals surface area contributed by atoms with E-state index in [0.29, 0.717) is 6.54 Å². The lowest BCUT2D eigenvalue weighted by Gasteiger charge is -1.97. The van der Waals surface area contributed by atoms with E-state index in [1.54, 1.807) is 12.3 Å². The third-order valence-corrected chi connectivity index (χ3v) is 3.30. The van der Waals surface area contributed by atoms with Crippen molar-refractivity contribution in [2.75, 3.05) is 0 Å². The Morgan fingerprint density at radius 2 is 2.27 bits per heavy atom. The number of rotatable bonds is 2. The molecule has 1 heterocycles. The second-order valence-electron chi connectivity index (χ2n) is 2.96. The maximum atomic E-state index is 13.2. The normalized spacial score (nSPS) is 10.6. The van der Waals surface area contributed by atoms with E-state index in [4.69, 9.17) is 17.3 Å². The van der Waals surface area contributed by atoms with Crippen LogP contribution in [0.5, 0.6) is 0 Å². The molecule has 2 N–H and O–H groups in total. The van der Waals surface area contributed by atoms with E-state index in [0.717, 1.165) is 15.4 Å². The zero-order valence-electron chi connectivity index (χ0n) is 7.71. The van der Waals surface area contributed by atoms with Gasteiger partial charge in [-0.25, -0.2) is 9.37 Å². The Kier molecular flexibility index (Phi) is 3.00. The van der Waals surface area contributed by atoms with Gasteiger partial charge in [-0.05, 0) is 12.1 Å². The summed E-state index contributed by atoms with van der Waals surface area (Å²) in [4.78, 5) is 5.13. The van der Waals surface area contributed by atoms with Crippen molar-refractivity contribution in [1.82, 2.24) is 4.98 Å². The standard InChI is InChI=1S/C10H8ClFN2S/c11-8-2-1-6(3-9(8)12)10-14-5-7(4-13)15-10/h1-3,5H,4,13H2. The van der Waals surface area contributed by atoms with Gasteiger partial charge in [0.05, 0.1) is 5.02 Å². The molecule has 0 aliphatic heterocycles. The molecule has 0 unspecified atom stereocenters. The summed E-state index contributed by atoms with van der Waals surface area (Å²) in [6, 6.07) is 4.64. The lowest BCUT2D eigenvalue weighted by atomic mass is 10.2. The predicted molar refractivity (Wildman–Crippen MR) is 60.4 cm³/mol. The van der Waals surface area contributed by atoms with Crippen molar-refractivity contribution in [1.29, 1.82) is 0 Å². The SMILES string of the molecule is NCc1cnc(-c2ccc(Cl)c(F)c2)s1. The third kappa shape index (κ3) is 2.17. The summed E-state index contributed by atoms with van der Waals surface area (Å²) < 4.78 is 13.2. The summed E-state index contributed by atoms with van der Waals surface area (Å²) in [7, 11) is 0. The van der Waals surface area contributed by atoms with Gasteiger partial charge in [0.25, 0.3) is 0 Å². The molecule has 2 aromatic rings. The highest BCUT2D eigenvalue weighted by molar-refractivity contribution is 7.15. The van der Waals surface area contributed by atoms with Gasteiger partial charge >= 0.3 is 0 Å². The monoisotopic (exact) mass is 242 g/mol. The van der Waals surface area contributed by atoms with Gasteiger partial charge in [0, 0.05) is 23.2 Å². The summed E-state index contributed by atoms with van der Waals surface area (Å²) in [5.41, 5.74) is 6.19. The molecule has 2 rings (SSSR count). The molecule has 1 aromatic heterocycles. The smallest absolute Gasteiger partial charge is 0.142 e. The summed E-state index contributed by atoms with van der Waals surface area (Å²) in [6.45, 7) is 0.452. The highest BCUT2D eigenvalue weighted by atomic mass is 35.5. The third-order valence-electron chi connectivity index (χ3n) is 1.92. The van der Waals surface area contributed by atoms with Crippen molar-refractivity contribution in [3.8, 4) is 10.6 Å². The summed E-state index contributed by atoms with van der Waals surface area (Å²) in [5, 5.41) is 0.875. The zero-order chi connectivity index (χ0) is 10.8. The molecule has 0 aliphatic rings. The molecule has 0 aliphatic carbocycles. The molecule has 78 valence electrons. The molecule has 0 radical (unpaired) electrons. The van der Waals surface area contributed by atoms with Crippen molar-refractivity contribution < 1.29 is 4.39 Å². The number of thiazole rings is 1. The van der Waals surface area contributed by atoms with E-state index in [-0.39, 0.29) is 5.02 Å². The Balaban J connectivity index is 2.40. The number of halogens is 2. The van der Waals surface area contributed by atoms with Gasteiger partial charge in [0.2, 0.25) is 0 Å². The van der Waals surface area contributed by atoms with Crippen LogP contribution in [-0.2, 0) is 6.54 Å². The van der Waals surface area contributed by atoms with Crippen LogP contribution in [0.15, 0.2) is 24.4 Å². The Bertz CT molecular complexity index is 484. The van der Waals surface area contributed by atoms with Crippen LogP contribution in [0.3, 0.4) is 0 Å². The van der Waals surface area contributed by atoms with Gasteiger partial charge in [0.1, 0.15) is 10.8 Å². The average molecular weight is 243 g/mol. The van der Waals surface area contributed by atoms with E-state index in [1.807, 2.05) is 0 Å². The molecule has 15 heavy (non-hydrogen) atoms. The number of hydrogen-bond acceptors (Lipinski definition) is 3. The minimum Gasteiger partial charge on any atom is -0.326 e. The number of hydrogen-bond donors (Lipinski definition) is 1. The summed E-state index contributed by atoms with van der Waals surface area (Å²) >= 11 is 7.04. The predicted octanol–water partition coefficient (Wildman–Crippen LogP) is 3.06. The van der Waals surface area contributed by atoms with Gasteiger partial charge in [0.15, 0.2) is 0 Å². The first-order valence-corrected chi connectivity index (χ1v) is 5.50. The Hall–Kier alpha value is -0.970. The molecule has 0 saturated heterocycles. The van der Waals surface area contributed by atoms with E-state index < -0.39 is 5.82 Å². The first kappa shape index (κ1) is 10.5. The zero-order valence-corrected chi connectivity index (χ0v) is 9.28. The molecular formula is C10H8ClFN2S. The molecule has 0 bridgehead atoms. The molecule has 0 amide bonds. The Morgan fingerprint density at radius 1 is 1.47 bits per heavy atom. The van der Waals surface area contributed by atoms with Crippen molar-refractivity contribution >= 4 is 22.9 Å². The van der Waals surface area contributed by atoms with Gasteiger partial charge < -0.3 is 5.73 Å². The molecule has 0 fully saturated rings. The second kappa shape index (κ2) is 4.26. The van der Waals surface area contributed by atoms with Crippen LogP contribution in [0.4, 0.5) is 4.39 Å². The van der Waals surface area contributed by atoms with E-state index in [1.165, 1.54) is 23.5 Å². The van der Waals surface area contributed by atoms with Crippen LogP contribution >= 0.6 is 22.9 Å². The molecule has 0 saturated carbocycles.